The number of halogens is 4. The Kier molecular flexibility index (Phi) is 3.84. The minimum atomic E-state index is -4.67. The van der Waals surface area contributed by atoms with Gasteiger partial charge in [0, 0.05) is 11.3 Å². The molecule has 3 nitrogen and oxygen atoms in total. The Hall–Kier alpha value is -2.57. The lowest BCUT2D eigenvalue weighted by Gasteiger charge is -2.12. The molecule has 2 aromatic rings. The fourth-order valence-corrected chi connectivity index (χ4v) is 1.70. The molecule has 0 aliphatic heterocycles. The summed E-state index contributed by atoms with van der Waals surface area (Å²) < 4.78 is 51.5. The summed E-state index contributed by atoms with van der Waals surface area (Å²) in [6, 6.07) is 8.10. The second-order valence-corrected chi connectivity index (χ2v) is 4.23. The van der Waals surface area contributed by atoms with Gasteiger partial charge >= 0.3 is 6.18 Å². The van der Waals surface area contributed by atoms with Crippen LogP contribution < -0.4 is 11.1 Å². The van der Waals surface area contributed by atoms with Crippen LogP contribution in [0.25, 0.3) is 0 Å². The molecule has 0 aliphatic carbocycles. The van der Waals surface area contributed by atoms with Gasteiger partial charge < -0.3 is 11.1 Å². The van der Waals surface area contributed by atoms with Gasteiger partial charge in [-0.3, -0.25) is 4.79 Å². The molecule has 0 heterocycles. The van der Waals surface area contributed by atoms with Gasteiger partial charge in [-0.05, 0) is 30.3 Å². The van der Waals surface area contributed by atoms with Crippen molar-refractivity contribution in [1.29, 1.82) is 0 Å². The van der Waals surface area contributed by atoms with Crippen LogP contribution in [0.5, 0.6) is 0 Å². The summed E-state index contributed by atoms with van der Waals surface area (Å²) in [5.41, 5.74) is 3.27. The third kappa shape index (κ3) is 3.31. The number of rotatable bonds is 2. The van der Waals surface area contributed by atoms with E-state index < -0.39 is 29.2 Å². The minimum absolute atomic E-state index is 0.118. The lowest BCUT2D eigenvalue weighted by Crippen LogP contribution is -2.16. The van der Waals surface area contributed by atoms with Crippen molar-refractivity contribution in [1.82, 2.24) is 0 Å². The summed E-state index contributed by atoms with van der Waals surface area (Å²) in [6.07, 6.45) is -4.67. The van der Waals surface area contributed by atoms with Crippen molar-refractivity contribution in [2.24, 2.45) is 0 Å². The normalized spacial score (nSPS) is 11.2. The third-order valence-corrected chi connectivity index (χ3v) is 2.74. The van der Waals surface area contributed by atoms with Crippen LogP contribution in [0.4, 0.5) is 28.9 Å². The zero-order chi connectivity index (χ0) is 15.6. The number of nitrogen functional groups attached to an aromatic ring is 1. The first-order chi connectivity index (χ1) is 9.79. The minimum Gasteiger partial charge on any atom is -0.398 e. The van der Waals surface area contributed by atoms with Gasteiger partial charge in [-0.1, -0.05) is 12.1 Å². The smallest absolute Gasteiger partial charge is 0.398 e. The maximum atomic E-state index is 13.4. The number of amides is 1. The predicted octanol–water partition coefficient (Wildman–Crippen LogP) is 3.68. The Bertz CT molecular complexity index is 683. The zero-order valence-corrected chi connectivity index (χ0v) is 10.5. The summed E-state index contributed by atoms with van der Waals surface area (Å²) >= 11 is 0. The van der Waals surface area contributed by atoms with Crippen LogP contribution in [0.15, 0.2) is 42.5 Å². The van der Waals surface area contributed by atoms with Gasteiger partial charge in [0.15, 0.2) is 0 Å². The lowest BCUT2D eigenvalue weighted by molar-refractivity contribution is -0.136. The molecule has 2 rings (SSSR count). The van der Waals surface area contributed by atoms with Gasteiger partial charge in [0.05, 0.1) is 11.3 Å². The van der Waals surface area contributed by atoms with E-state index in [1.165, 1.54) is 18.2 Å². The summed E-state index contributed by atoms with van der Waals surface area (Å²) in [4.78, 5) is 11.9. The molecular weight excluding hydrogens is 288 g/mol. The number of hydrogen-bond donors (Lipinski definition) is 2. The summed E-state index contributed by atoms with van der Waals surface area (Å²) in [5.74, 6) is -1.54. The number of benzene rings is 2. The van der Waals surface area contributed by atoms with Crippen LogP contribution in [0.1, 0.15) is 15.9 Å². The van der Waals surface area contributed by atoms with Crippen molar-refractivity contribution in [2.45, 2.75) is 6.18 Å². The van der Waals surface area contributed by atoms with E-state index in [0.29, 0.717) is 6.07 Å². The summed E-state index contributed by atoms with van der Waals surface area (Å²) in [7, 11) is 0. The van der Waals surface area contributed by atoms with Gasteiger partial charge in [0.25, 0.3) is 5.91 Å². The first-order valence-electron chi connectivity index (χ1n) is 5.81. The van der Waals surface area contributed by atoms with Crippen LogP contribution in [0, 0.1) is 5.82 Å². The molecule has 0 aliphatic rings. The van der Waals surface area contributed by atoms with Crippen molar-refractivity contribution in [3.05, 3.63) is 59.4 Å². The van der Waals surface area contributed by atoms with Crippen molar-refractivity contribution in [2.75, 3.05) is 11.1 Å². The average molecular weight is 298 g/mol. The molecule has 0 fully saturated rings. The standard InChI is InChI=1S/C14H10F4N2O/c15-10-3-1-2-4-12(10)20-13(21)8-5-6-11(19)9(7-8)14(16,17)18/h1-7H,19H2,(H,20,21). The molecule has 0 saturated heterocycles. The van der Waals surface area contributed by atoms with E-state index in [-0.39, 0.29) is 11.3 Å². The molecule has 0 aromatic heterocycles. The van der Waals surface area contributed by atoms with Crippen molar-refractivity contribution in [3.63, 3.8) is 0 Å². The number of carbonyl (C=O) groups excluding carboxylic acids is 1. The van der Waals surface area contributed by atoms with Crippen molar-refractivity contribution < 1.29 is 22.4 Å². The fourth-order valence-electron chi connectivity index (χ4n) is 1.70. The Morgan fingerprint density at radius 3 is 2.38 bits per heavy atom. The quantitative estimate of drug-likeness (QED) is 0.656. The highest BCUT2D eigenvalue weighted by Crippen LogP contribution is 2.34. The largest absolute Gasteiger partial charge is 0.418 e. The van der Waals surface area contributed by atoms with Crippen LogP contribution >= 0.6 is 0 Å². The molecule has 0 unspecified atom stereocenters. The topological polar surface area (TPSA) is 55.1 Å². The van der Waals surface area contributed by atoms with Crippen LogP contribution in [-0.4, -0.2) is 5.91 Å². The lowest BCUT2D eigenvalue weighted by atomic mass is 10.1. The molecule has 0 saturated carbocycles. The van der Waals surface area contributed by atoms with Crippen LogP contribution in [0.2, 0.25) is 0 Å². The Balaban J connectivity index is 2.31. The molecule has 7 heteroatoms. The maximum absolute atomic E-state index is 13.4. The van der Waals surface area contributed by atoms with Gasteiger partial charge in [0.1, 0.15) is 5.82 Å². The van der Waals surface area contributed by atoms with Crippen molar-refractivity contribution in [3.8, 4) is 0 Å². The third-order valence-electron chi connectivity index (χ3n) is 2.74. The van der Waals surface area contributed by atoms with E-state index >= 15 is 0 Å². The highest BCUT2D eigenvalue weighted by molar-refractivity contribution is 6.04. The average Bonchev–Trinajstić information content (AvgIpc) is 2.40. The number of hydrogen-bond acceptors (Lipinski definition) is 2. The Morgan fingerprint density at radius 1 is 1.10 bits per heavy atom. The monoisotopic (exact) mass is 298 g/mol. The maximum Gasteiger partial charge on any atom is 0.418 e. The molecule has 21 heavy (non-hydrogen) atoms. The molecule has 0 spiro atoms. The number of nitrogens with one attached hydrogen (secondary N) is 1. The predicted molar refractivity (Wildman–Crippen MR) is 70.2 cm³/mol. The SMILES string of the molecule is Nc1ccc(C(=O)Nc2ccccc2F)cc1C(F)(F)F. The van der Waals surface area contributed by atoms with Gasteiger partial charge in [-0.2, -0.15) is 13.2 Å². The van der Waals surface area contributed by atoms with Crippen LogP contribution in [0.3, 0.4) is 0 Å². The molecule has 0 atom stereocenters. The van der Waals surface area contributed by atoms with E-state index in [4.69, 9.17) is 5.73 Å². The first-order valence-corrected chi connectivity index (χ1v) is 5.81. The molecule has 2 aromatic carbocycles. The Labute approximate surface area is 117 Å². The zero-order valence-electron chi connectivity index (χ0n) is 10.5. The molecule has 0 radical (unpaired) electrons. The molecule has 3 N–H and O–H groups in total. The molecule has 110 valence electrons. The highest BCUT2D eigenvalue weighted by atomic mass is 19.4. The van der Waals surface area contributed by atoms with E-state index in [1.54, 1.807) is 0 Å². The number of anilines is 2. The second kappa shape index (κ2) is 5.43. The Morgan fingerprint density at radius 2 is 1.76 bits per heavy atom. The van der Waals surface area contributed by atoms with Gasteiger partial charge in [-0.15, -0.1) is 0 Å². The highest BCUT2D eigenvalue weighted by Gasteiger charge is 2.33. The molecular formula is C14H10F4N2O. The van der Waals surface area contributed by atoms with E-state index in [9.17, 15) is 22.4 Å². The number of para-hydroxylation sites is 1. The number of carbonyl (C=O) groups is 1. The molecule has 1 amide bonds. The fraction of sp³-hybridized carbons (Fsp3) is 0.0714. The first kappa shape index (κ1) is 14.8. The van der Waals surface area contributed by atoms with Crippen LogP contribution in [-0.2, 0) is 6.18 Å². The number of alkyl halides is 3. The molecule has 0 bridgehead atoms. The van der Waals surface area contributed by atoms with E-state index in [0.717, 1.165) is 18.2 Å². The van der Waals surface area contributed by atoms with E-state index in [2.05, 4.69) is 5.32 Å². The van der Waals surface area contributed by atoms with Gasteiger partial charge in [0.2, 0.25) is 0 Å². The summed E-state index contributed by atoms with van der Waals surface area (Å²) in [5, 5.41) is 2.20. The summed E-state index contributed by atoms with van der Waals surface area (Å²) in [6.45, 7) is 0. The second-order valence-electron chi connectivity index (χ2n) is 4.23. The van der Waals surface area contributed by atoms with Crippen molar-refractivity contribution >= 4 is 17.3 Å². The van der Waals surface area contributed by atoms with Gasteiger partial charge in [-0.25, -0.2) is 4.39 Å². The number of nitrogens with two attached hydrogens (primary N) is 1. The van der Waals surface area contributed by atoms with E-state index in [1.807, 2.05) is 0 Å².